The molecule has 0 saturated heterocycles. The smallest absolute Gasteiger partial charge is 0.123 e. The molecule has 0 fully saturated rings. The summed E-state index contributed by atoms with van der Waals surface area (Å²) < 4.78 is 15.2. The minimum absolute atomic E-state index is 0.213. The molecule has 0 aliphatic rings. The number of halogens is 2. The van der Waals surface area contributed by atoms with Gasteiger partial charge in [-0.25, -0.2) is 4.39 Å². The molecule has 3 heteroatoms. The molecular weight excluding hydrogens is 249 g/mol. The second kappa shape index (κ2) is 4.46. The number of fused-ring (bicyclic) bond motifs is 1. The molecule has 2 aromatic carbocycles. The summed E-state index contributed by atoms with van der Waals surface area (Å²) in [6, 6.07) is 14.4. The van der Waals surface area contributed by atoms with E-state index < -0.39 is 0 Å². The largest absolute Gasteiger partial charge is 0.342 e. The Hall–Kier alpha value is -1.80. The van der Waals surface area contributed by atoms with E-state index in [0.29, 0.717) is 11.6 Å². The van der Waals surface area contributed by atoms with Crippen LogP contribution >= 0.6 is 11.6 Å². The van der Waals surface area contributed by atoms with Crippen LogP contribution in [0.3, 0.4) is 0 Å². The molecule has 0 saturated carbocycles. The van der Waals surface area contributed by atoms with Crippen LogP contribution in [0.1, 0.15) is 5.56 Å². The summed E-state index contributed by atoms with van der Waals surface area (Å²) in [5, 5.41) is 1.81. The van der Waals surface area contributed by atoms with E-state index in [-0.39, 0.29) is 5.82 Å². The van der Waals surface area contributed by atoms with Crippen LogP contribution in [0.25, 0.3) is 10.9 Å². The predicted octanol–water partition coefficient (Wildman–Crippen LogP) is 4.48. The van der Waals surface area contributed by atoms with Crippen LogP contribution in [0.4, 0.5) is 4.39 Å². The minimum atomic E-state index is -0.213. The SMILES string of the molecule is Fc1cccc(Cn2ccc3cccc(Cl)c32)c1. The standard InChI is InChI=1S/C15H11ClFN/c16-14-6-2-4-12-7-8-18(15(12)14)10-11-3-1-5-13(17)9-11/h1-9H,10H2. The lowest BCUT2D eigenvalue weighted by atomic mass is 10.2. The quantitative estimate of drug-likeness (QED) is 0.639. The van der Waals surface area contributed by atoms with Crippen molar-refractivity contribution in [2.24, 2.45) is 0 Å². The first-order valence-electron chi connectivity index (χ1n) is 5.72. The Labute approximate surface area is 109 Å². The van der Waals surface area contributed by atoms with Gasteiger partial charge in [0.2, 0.25) is 0 Å². The second-order valence-corrected chi connectivity index (χ2v) is 4.66. The van der Waals surface area contributed by atoms with Crippen molar-refractivity contribution < 1.29 is 4.39 Å². The Kier molecular flexibility index (Phi) is 2.80. The molecule has 0 radical (unpaired) electrons. The number of rotatable bonds is 2. The zero-order valence-corrected chi connectivity index (χ0v) is 10.4. The Morgan fingerprint density at radius 1 is 1.06 bits per heavy atom. The topological polar surface area (TPSA) is 4.93 Å². The van der Waals surface area contributed by atoms with Gasteiger partial charge in [0.25, 0.3) is 0 Å². The van der Waals surface area contributed by atoms with Gasteiger partial charge in [-0.05, 0) is 29.8 Å². The van der Waals surface area contributed by atoms with E-state index in [0.717, 1.165) is 16.5 Å². The molecule has 0 bridgehead atoms. The summed E-state index contributed by atoms with van der Waals surface area (Å²) in [6.45, 7) is 0.616. The van der Waals surface area contributed by atoms with Crippen LogP contribution in [0.2, 0.25) is 5.02 Å². The Balaban J connectivity index is 2.05. The monoisotopic (exact) mass is 259 g/mol. The van der Waals surface area contributed by atoms with Gasteiger partial charge in [-0.3, -0.25) is 0 Å². The summed E-state index contributed by atoms with van der Waals surface area (Å²) in [5.74, 6) is -0.213. The highest BCUT2D eigenvalue weighted by Crippen LogP contribution is 2.25. The van der Waals surface area contributed by atoms with Gasteiger partial charge in [0.15, 0.2) is 0 Å². The van der Waals surface area contributed by atoms with Crippen molar-refractivity contribution in [3.8, 4) is 0 Å². The molecule has 0 aliphatic heterocycles. The number of aromatic nitrogens is 1. The second-order valence-electron chi connectivity index (χ2n) is 4.25. The van der Waals surface area contributed by atoms with Crippen LogP contribution in [-0.2, 0) is 6.54 Å². The maximum absolute atomic E-state index is 13.2. The van der Waals surface area contributed by atoms with Crippen LogP contribution in [0, 0.1) is 5.82 Å². The number of hydrogen-bond donors (Lipinski definition) is 0. The molecule has 0 spiro atoms. The fraction of sp³-hybridized carbons (Fsp3) is 0.0667. The summed E-state index contributed by atoms with van der Waals surface area (Å²) in [7, 11) is 0. The van der Waals surface area contributed by atoms with Crippen molar-refractivity contribution in [1.29, 1.82) is 0 Å². The van der Waals surface area contributed by atoms with E-state index in [9.17, 15) is 4.39 Å². The third kappa shape index (κ3) is 2.00. The minimum Gasteiger partial charge on any atom is -0.342 e. The van der Waals surface area contributed by atoms with Gasteiger partial charge in [-0.1, -0.05) is 35.9 Å². The van der Waals surface area contributed by atoms with Gasteiger partial charge in [-0.2, -0.15) is 0 Å². The molecule has 3 rings (SSSR count). The summed E-state index contributed by atoms with van der Waals surface area (Å²) in [4.78, 5) is 0. The summed E-state index contributed by atoms with van der Waals surface area (Å²) >= 11 is 6.21. The fourth-order valence-electron chi connectivity index (χ4n) is 2.18. The Morgan fingerprint density at radius 2 is 1.89 bits per heavy atom. The van der Waals surface area contributed by atoms with Crippen molar-refractivity contribution in [3.05, 3.63) is 71.1 Å². The summed E-state index contributed by atoms with van der Waals surface area (Å²) in [5.41, 5.74) is 1.91. The van der Waals surface area contributed by atoms with E-state index >= 15 is 0 Å². The van der Waals surface area contributed by atoms with Crippen molar-refractivity contribution in [1.82, 2.24) is 4.57 Å². The number of nitrogens with zero attached hydrogens (tertiary/aromatic N) is 1. The zero-order chi connectivity index (χ0) is 12.5. The third-order valence-electron chi connectivity index (χ3n) is 2.98. The molecule has 1 nitrogen and oxygen atoms in total. The number of para-hydroxylation sites is 1. The Morgan fingerprint density at radius 3 is 2.72 bits per heavy atom. The highest BCUT2D eigenvalue weighted by atomic mass is 35.5. The predicted molar refractivity (Wildman–Crippen MR) is 72.5 cm³/mol. The van der Waals surface area contributed by atoms with Crippen molar-refractivity contribution in [2.75, 3.05) is 0 Å². The van der Waals surface area contributed by atoms with E-state index in [2.05, 4.69) is 0 Å². The molecule has 90 valence electrons. The van der Waals surface area contributed by atoms with Crippen molar-refractivity contribution in [3.63, 3.8) is 0 Å². The summed E-state index contributed by atoms with van der Waals surface area (Å²) in [6.07, 6.45) is 1.97. The van der Waals surface area contributed by atoms with Crippen molar-refractivity contribution >= 4 is 22.5 Å². The highest BCUT2D eigenvalue weighted by molar-refractivity contribution is 6.35. The molecule has 1 heterocycles. The van der Waals surface area contributed by atoms with E-state index in [1.54, 1.807) is 12.1 Å². The lowest BCUT2D eigenvalue weighted by Gasteiger charge is -2.07. The molecule has 0 unspecified atom stereocenters. The average molecular weight is 260 g/mol. The lowest BCUT2D eigenvalue weighted by Crippen LogP contribution is -1.98. The molecule has 3 aromatic rings. The first-order valence-corrected chi connectivity index (χ1v) is 6.09. The van der Waals surface area contributed by atoms with Crippen molar-refractivity contribution in [2.45, 2.75) is 6.54 Å². The van der Waals surface area contributed by atoms with E-state index in [1.165, 1.54) is 6.07 Å². The van der Waals surface area contributed by atoms with Gasteiger partial charge in [0.05, 0.1) is 10.5 Å². The average Bonchev–Trinajstić information content (AvgIpc) is 2.74. The maximum Gasteiger partial charge on any atom is 0.123 e. The third-order valence-corrected chi connectivity index (χ3v) is 3.29. The first kappa shape index (κ1) is 11.3. The number of hydrogen-bond acceptors (Lipinski definition) is 0. The van der Waals surface area contributed by atoms with Crippen LogP contribution in [0.15, 0.2) is 54.7 Å². The van der Waals surface area contributed by atoms with Crippen LogP contribution in [-0.4, -0.2) is 4.57 Å². The van der Waals surface area contributed by atoms with Crippen LogP contribution < -0.4 is 0 Å². The lowest BCUT2D eigenvalue weighted by molar-refractivity contribution is 0.624. The molecular formula is C15H11ClFN. The van der Waals surface area contributed by atoms with Gasteiger partial charge in [0.1, 0.15) is 5.82 Å². The first-order chi connectivity index (χ1) is 8.74. The number of benzene rings is 2. The van der Waals surface area contributed by atoms with Crippen LogP contribution in [0.5, 0.6) is 0 Å². The van der Waals surface area contributed by atoms with Gasteiger partial charge < -0.3 is 4.57 Å². The fourth-order valence-corrected chi connectivity index (χ4v) is 2.47. The Bertz CT molecular complexity index is 703. The van der Waals surface area contributed by atoms with E-state index in [4.69, 9.17) is 11.6 Å². The van der Waals surface area contributed by atoms with Gasteiger partial charge >= 0.3 is 0 Å². The molecule has 0 aliphatic carbocycles. The van der Waals surface area contributed by atoms with Gasteiger partial charge in [0, 0.05) is 18.1 Å². The molecule has 18 heavy (non-hydrogen) atoms. The maximum atomic E-state index is 13.2. The normalized spacial score (nSPS) is 11.0. The van der Waals surface area contributed by atoms with Gasteiger partial charge in [-0.15, -0.1) is 0 Å². The molecule has 0 N–H and O–H groups in total. The molecule has 0 atom stereocenters. The zero-order valence-electron chi connectivity index (χ0n) is 9.61. The highest BCUT2D eigenvalue weighted by Gasteiger charge is 2.05. The molecule has 1 aromatic heterocycles. The molecule has 0 amide bonds. The van der Waals surface area contributed by atoms with E-state index in [1.807, 2.05) is 41.1 Å².